The van der Waals surface area contributed by atoms with Crippen LogP contribution < -0.4 is 15.4 Å². The Labute approximate surface area is 171 Å². The van der Waals surface area contributed by atoms with Gasteiger partial charge in [0.05, 0.1) is 13.7 Å². The Morgan fingerprint density at radius 2 is 2.10 bits per heavy atom. The quantitative estimate of drug-likeness (QED) is 0.768. The number of amides is 1. The number of benzene rings is 1. The highest BCUT2D eigenvalue weighted by Crippen LogP contribution is 2.35. The summed E-state index contributed by atoms with van der Waals surface area (Å²) >= 11 is 0. The lowest BCUT2D eigenvalue weighted by Crippen LogP contribution is -2.36. The fourth-order valence-electron chi connectivity index (χ4n) is 4.73. The summed E-state index contributed by atoms with van der Waals surface area (Å²) in [6.07, 6.45) is 6.88. The Hall–Kier alpha value is -2.64. The van der Waals surface area contributed by atoms with Crippen LogP contribution in [0.3, 0.4) is 0 Å². The molecule has 1 saturated heterocycles. The number of hydrogen-bond donors (Lipinski definition) is 1. The molecule has 1 aliphatic carbocycles. The summed E-state index contributed by atoms with van der Waals surface area (Å²) in [6.45, 7) is 2.63. The molecule has 29 heavy (non-hydrogen) atoms. The van der Waals surface area contributed by atoms with Gasteiger partial charge in [-0.1, -0.05) is 11.2 Å². The molecule has 1 unspecified atom stereocenters. The molecule has 2 N–H and O–H groups in total. The Kier molecular flexibility index (Phi) is 5.97. The summed E-state index contributed by atoms with van der Waals surface area (Å²) in [5.41, 5.74) is 8.06. The molecule has 156 valence electrons. The molecule has 4 rings (SSSR count). The maximum absolute atomic E-state index is 11.0. The van der Waals surface area contributed by atoms with Gasteiger partial charge in [-0.3, -0.25) is 4.79 Å². The minimum absolute atomic E-state index is 0.207. The molecule has 1 aromatic carbocycles. The van der Waals surface area contributed by atoms with E-state index in [0.29, 0.717) is 18.3 Å². The number of nitrogens with two attached hydrogens (primary N) is 1. The Balaban J connectivity index is 1.42. The smallest absolute Gasteiger partial charge is 0.245 e. The van der Waals surface area contributed by atoms with Gasteiger partial charge >= 0.3 is 0 Å². The van der Waals surface area contributed by atoms with Crippen LogP contribution in [0, 0.1) is 5.92 Å². The number of anilines is 1. The molecule has 1 amide bonds. The number of tetrazole rings is 1. The monoisotopic (exact) mass is 398 g/mol. The molecule has 1 aliphatic heterocycles. The number of rotatable bonds is 7. The lowest BCUT2D eigenvalue weighted by molar-refractivity contribution is -0.118. The van der Waals surface area contributed by atoms with E-state index >= 15 is 0 Å². The topological polar surface area (TPSA) is 99.2 Å². The van der Waals surface area contributed by atoms with Crippen LogP contribution in [0.25, 0.3) is 0 Å². The number of methoxy groups -OCH3 is 1. The number of hydrogen-bond acceptors (Lipinski definition) is 6. The number of ether oxygens (including phenoxy) is 1. The first kappa shape index (κ1) is 19.7. The number of aromatic nitrogens is 4. The summed E-state index contributed by atoms with van der Waals surface area (Å²) in [7, 11) is 1.71. The maximum atomic E-state index is 11.0. The zero-order valence-corrected chi connectivity index (χ0v) is 17.1. The number of piperidine rings is 1. The van der Waals surface area contributed by atoms with Crippen molar-refractivity contribution in [3.05, 3.63) is 29.3 Å². The number of carbonyl (C=O) groups is 1. The van der Waals surface area contributed by atoms with Gasteiger partial charge in [0.25, 0.3) is 0 Å². The van der Waals surface area contributed by atoms with E-state index in [4.69, 9.17) is 10.5 Å². The molecular weight excluding hydrogens is 368 g/mol. The molecule has 0 radical (unpaired) electrons. The molecule has 2 aliphatic rings. The average molecular weight is 399 g/mol. The van der Waals surface area contributed by atoms with E-state index in [1.807, 2.05) is 4.68 Å². The molecule has 0 spiro atoms. The van der Waals surface area contributed by atoms with Crippen LogP contribution in [0.2, 0.25) is 0 Å². The second kappa shape index (κ2) is 8.80. The molecule has 8 heteroatoms. The van der Waals surface area contributed by atoms with E-state index in [9.17, 15) is 4.79 Å². The van der Waals surface area contributed by atoms with Gasteiger partial charge in [0.2, 0.25) is 11.9 Å². The first-order valence-corrected chi connectivity index (χ1v) is 10.6. The number of nitrogens with zero attached hydrogens (tertiary/aromatic N) is 5. The van der Waals surface area contributed by atoms with Crippen molar-refractivity contribution in [3.63, 3.8) is 0 Å². The van der Waals surface area contributed by atoms with E-state index in [1.165, 1.54) is 17.5 Å². The third kappa shape index (κ3) is 4.52. The largest absolute Gasteiger partial charge is 0.497 e. The first-order chi connectivity index (χ1) is 14.1. The van der Waals surface area contributed by atoms with Crippen molar-refractivity contribution in [2.75, 3.05) is 25.1 Å². The van der Waals surface area contributed by atoms with Gasteiger partial charge in [-0.05, 0) is 78.1 Å². The number of primary amides is 1. The summed E-state index contributed by atoms with van der Waals surface area (Å²) in [5.74, 6) is 2.55. The van der Waals surface area contributed by atoms with Gasteiger partial charge < -0.3 is 15.4 Å². The molecule has 1 atom stereocenters. The van der Waals surface area contributed by atoms with Crippen LogP contribution in [0.5, 0.6) is 5.75 Å². The van der Waals surface area contributed by atoms with Gasteiger partial charge in [0.15, 0.2) is 0 Å². The Morgan fingerprint density at radius 3 is 2.86 bits per heavy atom. The zero-order chi connectivity index (χ0) is 20.2. The normalized spacial score (nSPS) is 19.8. The van der Waals surface area contributed by atoms with Crippen molar-refractivity contribution in [2.45, 2.75) is 57.4 Å². The Morgan fingerprint density at radius 1 is 1.28 bits per heavy atom. The average Bonchev–Trinajstić information content (AvgIpc) is 3.20. The van der Waals surface area contributed by atoms with Crippen molar-refractivity contribution in [3.8, 4) is 5.75 Å². The molecule has 0 bridgehead atoms. The Bertz CT molecular complexity index is 843. The highest BCUT2D eigenvalue weighted by Gasteiger charge is 2.26. The van der Waals surface area contributed by atoms with Gasteiger partial charge in [-0.25, -0.2) is 4.68 Å². The summed E-state index contributed by atoms with van der Waals surface area (Å²) in [4.78, 5) is 13.3. The van der Waals surface area contributed by atoms with Crippen LogP contribution in [0.4, 0.5) is 5.95 Å². The van der Waals surface area contributed by atoms with Gasteiger partial charge in [-0.15, -0.1) is 0 Å². The third-order valence-corrected chi connectivity index (χ3v) is 6.39. The van der Waals surface area contributed by atoms with Crippen LogP contribution in [-0.4, -0.2) is 46.3 Å². The fraction of sp³-hybridized carbons (Fsp3) is 0.619. The predicted octanol–water partition coefficient (Wildman–Crippen LogP) is 2.28. The molecule has 2 aromatic rings. The van der Waals surface area contributed by atoms with Crippen molar-refractivity contribution in [2.24, 2.45) is 11.7 Å². The zero-order valence-electron chi connectivity index (χ0n) is 17.1. The standard InChI is InChI=1S/C21H30N6O2/c1-29-18-6-7-19-16(13-18)3-2-4-17(19)14-27-21(23-24-25-27)26-11-9-15(10-12-26)5-8-20(22)28/h6-7,13,15,17H,2-5,8-12,14H2,1H3,(H2,22,28). The predicted molar refractivity (Wildman–Crippen MR) is 110 cm³/mol. The van der Waals surface area contributed by atoms with Crippen molar-refractivity contribution in [1.29, 1.82) is 0 Å². The van der Waals surface area contributed by atoms with E-state index in [-0.39, 0.29) is 5.91 Å². The molecule has 1 aromatic heterocycles. The maximum Gasteiger partial charge on any atom is 0.245 e. The number of aryl methyl sites for hydroxylation is 1. The SMILES string of the molecule is COc1ccc2c(c1)CCCC2Cn1nnnc1N1CCC(CCC(N)=O)CC1. The van der Waals surface area contributed by atoms with E-state index < -0.39 is 0 Å². The first-order valence-electron chi connectivity index (χ1n) is 10.6. The van der Waals surface area contributed by atoms with Crippen LogP contribution in [-0.2, 0) is 17.8 Å². The van der Waals surface area contributed by atoms with Crippen molar-refractivity contribution >= 4 is 11.9 Å². The summed E-state index contributed by atoms with van der Waals surface area (Å²) < 4.78 is 7.36. The second-order valence-corrected chi connectivity index (χ2v) is 8.25. The van der Waals surface area contributed by atoms with Crippen LogP contribution >= 0.6 is 0 Å². The molecule has 8 nitrogen and oxygen atoms in total. The highest BCUT2D eigenvalue weighted by molar-refractivity contribution is 5.73. The lowest BCUT2D eigenvalue weighted by Gasteiger charge is -2.32. The fourth-order valence-corrected chi connectivity index (χ4v) is 4.73. The molecule has 2 heterocycles. The van der Waals surface area contributed by atoms with Gasteiger partial charge in [0.1, 0.15) is 5.75 Å². The number of carbonyl (C=O) groups excluding carboxylic acids is 1. The van der Waals surface area contributed by atoms with Crippen LogP contribution in [0.15, 0.2) is 18.2 Å². The molecular formula is C21H30N6O2. The summed E-state index contributed by atoms with van der Waals surface area (Å²) in [6, 6.07) is 6.42. The van der Waals surface area contributed by atoms with Crippen molar-refractivity contribution < 1.29 is 9.53 Å². The van der Waals surface area contributed by atoms with E-state index in [1.54, 1.807) is 7.11 Å². The number of fused-ring (bicyclic) bond motifs is 1. The third-order valence-electron chi connectivity index (χ3n) is 6.39. The van der Waals surface area contributed by atoms with E-state index in [2.05, 4.69) is 38.6 Å². The highest BCUT2D eigenvalue weighted by atomic mass is 16.5. The van der Waals surface area contributed by atoms with Gasteiger partial charge in [0, 0.05) is 25.4 Å². The van der Waals surface area contributed by atoms with Crippen LogP contribution in [0.1, 0.15) is 55.6 Å². The van der Waals surface area contributed by atoms with E-state index in [0.717, 1.165) is 63.4 Å². The minimum atomic E-state index is -0.207. The molecule has 1 fully saturated rings. The second-order valence-electron chi connectivity index (χ2n) is 8.25. The van der Waals surface area contributed by atoms with Crippen molar-refractivity contribution in [1.82, 2.24) is 20.2 Å². The van der Waals surface area contributed by atoms with Gasteiger partial charge in [-0.2, -0.15) is 0 Å². The summed E-state index contributed by atoms with van der Waals surface area (Å²) in [5, 5.41) is 12.6. The minimum Gasteiger partial charge on any atom is -0.497 e. The lowest BCUT2D eigenvalue weighted by atomic mass is 9.82. The molecule has 0 saturated carbocycles.